The molecule has 4 aromatic heterocycles. The summed E-state index contributed by atoms with van der Waals surface area (Å²) in [6, 6.07) is 7.62. The predicted molar refractivity (Wildman–Crippen MR) is 166 cm³/mol. The molecule has 2 bridgehead atoms. The molecule has 0 saturated carbocycles. The highest BCUT2D eigenvalue weighted by atomic mass is 35.5. The van der Waals surface area contributed by atoms with Gasteiger partial charge in [0.25, 0.3) is 0 Å². The van der Waals surface area contributed by atoms with Gasteiger partial charge in [-0.1, -0.05) is 17.7 Å². The molecule has 1 fully saturated rings. The summed E-state index contributed by atoms with van der Waals surface area (Å²) in [5.74, 6) is 1.39. The standard InChI is InChI=1S/C30H28ClFN10O3/c1-39(2)6-3-4-27(43)41-9-8-40-14-18(41)15-44-25-13-23-28(38-30(25)40)29(35-16-33-23)37-22-11-20(31)24(12-21(22)32)45-19-5-7-42-26(10-19)34-17-36-42/h3-5,7,10-13,16-18H,6,8-9,14-15H2,1-2H3,(H,33,35,37)/b4-3+. The Kier molecular flexibility index (Phi) is 7.51. The van der Waals surface area contributed by atoms with Gasteiger partial charge in [-0.05, 0) is 26.2 Å². The summed E-state index contributed by atoms with van der Waals surface area (Å²) in [6.45, 7) is 2.67. The Bertz CT molecular complexity index is 1950. The molecule has 2 aliphatic rings. The van der Waals surface area contributed by atoms with Crippen LogP contribution >= 0.6 is 11.6 Å². The van der Waals surface area contributed by atoms with Crippen molar-refractivity contribution in [1.82, 2.24) is 39.3 Å². The monoisotopic (exact) mass is 630 g/mol. The van der Waals surface area contributed by atoms with Gasteiger partial charge in [0.05, 0.1) is 22.3 Å². The Morgan fingerprint density at radius 2 is 2.09 bits per heavy atom. The number of hydrogen-bond acceptors (Lipinski definition) is 11. The summed E-state index contributed by atoms with van der Waals surface area (Å²) in [4.78, 5) is 36.6. The molecule has 1 atom stereocenters. The van der Waals surface area contributed by atoms with E-state index in [1.54, 1.807) is 35.0 Å². The van der Waals surface area contributed by atoms with Crippen LogP contribution in [0.15, 0.2) is 61.3 Å². The first kappa shape index (κ1) is 28.7. The van der Waals surface area contributed by atoms with Crippen molar-refractivity contribution < 1.29 is 18.7 Å². The quantitative estimate of drug-likeness (QED) is 0.263. The number of nitrogens with one attached hydrogen (secondary N) is 1. The van der Waals surface area contributed by atoms with Gasteiger partial charge in [-0.25, -0.2) is 28.8 Å². The first-order chi connectivity index (χ1) is 21.8. The van der Waals surface area contributed by atoms with E-state index in [1.165, 1.54) is 24.8 Å². The lowest BCUT2D eigenvalue weighted by Crippen LogP contribution is -2.56. The van der Waals surface area contributed by atoms with Crippen LogP contribution in [-0.4, -0.2) is 98.2 Å². The first-order valence-corrected chi connectivity index (χ1v) is 14.6. The molecule has 7 rings (SSSR count). The number of benzene rings is 1. The second kappa shape index (κ2) is 11.8. The van der Waals surface area contributed by atoms with Crippen molar-refractivity contribution in [3.63, 3.8) is 0 Å². The Morgan fingerprint density at radius 1 is 1.20 bits per heavy atom. The van der Waals surface area contributed by atoms with Gasteiger partial charge in [0.15, 0.2) is 23.0 Å². The number of hydrogen-bond donors (Lipinski definition) is 1. The number of fused-ring (bicyclic) bond motifs is 6. The number of nitrogens with zero attached hydrogens (tertiary/aromatic N) is 9. The number of halogens is 2. The zero-order chi connectivity index (χ0) is 31.1. The van der Waals surface area contributed by atoms with Crippen LogP contribution in [-0.2, 0) is 4.79 Å². The van der Waals surface area contributed by atoms with Gasteiger partial charge in [0, 0.05) is 56.7 Å². The van der Waals surface area contributed by atoms with Crippen LogP contribution in [0.25, 0.3) is 16.7 Å². The molecule has 45 heavy (non-hydrogen) atoms. The normalized spacial score (nSPS) is 16.2. The molecule has 5 aromatic rings. The van der Waals surface area contributed by atoms with Gasteiger partial charge >= 0.3 is 0 Å². The number of pyridine rings is 2. The highest BCUT2D eigenvalue weighted by Gasteiger charge is 2.35. The Morgan fingerprint density at radius 3 is 2.96 bits per heavy atom. The molecule has 230 valence electrons. The molecule has 6 heterocycles. The molecule has 0 aliphatic carbocycles. The Hall–Kier alpha value is -5.08. The third-order valence-electron chi connectivity index (χ3n) is 7.54. The topological polar surface area (TPSA) is 126 Å². The van der Waals surface area contributed by atoms with Gasteiger partial charge in [0.1, 0.15) is 42.1 Å². The molecular weight excluding hydrogens is 603 g/mol. The lowest BCUT2D eigenvalue weighted by atomic mass is 10.1. The summed E-state index contributed by atoms with van der Waals surface area (Å²) in [5, 5.41) is 7.26. The van der Waals surface area contributed by atoms with Crippen LogP contribution in [0.5, 0.6) is 17.2 Å². The van der Waals surface area contributed by atoms with Crippen molar-refractivity contribution in [2.24, 2.45) is 0 Å². The molecule has 1 N–H and O–H groups in total. The van der Waals surface area contributed by atoms with E-state index in [4.69, 9.17) is 26.1 Å². The third-order valence-corrected chi connectivity index (χ3v) is 7.83. The Balaban J connectivity index is 1.12. The largest absolute Gasteiger partial charge is 0.487 e. The SMILES string of the molecule is CN(C)C/C=C/C(=O)N1CCN2CC1COc1cc3ncnc(Nc4cc(Cl)c(Oc5ccn6ncnc6c5)cc4F)c3nc12. The van der Waals surface area contributed by atoms with Gasteiger partial charge in [-0.2, -0.15) is 5.10 Å². The van der Waals surface area contributed by atoms with E-state index in [9.17, 15) is 4.79 Å². The van der Waals surface area contributed by atoms with Crippen LogP contribution in [0.3, 0.4) is 0 Å². The minimum atomic E-state index is -0.605. The number of carbonyl (C=O) groups is 1. The van der Waals surface area contributed by atoms with E-state index in [0.717, 1.165) is 0 Å². The molecule has 1 amide bonds. The van der Waals surface area contributed by atoms with Crippen LogP contribution in [0.1, 0.15) is 0 Å². The predicted octanol–water partition coefficient (Wildman–Crippen LogP) is 3.92. The van der Waals surface area contributed by atoms with Crippen molar-refractivity contribution >= 4 is 51.5 Å². The average Bonchev–Trinajstić information content (AvgIpc) is 3.45. The fourth-order valence-corrected chi connectivity index (χ4v) is 5.53. The van der Waals surface area contributed by atoms with Crippen molar-refractivity contribution in [2.75, 3.05) is 57.1 Å². The Labute approximate surface area is 261 Å². The maximum absolute atomic E-state index is 15.4. The maximum Gasteiger partial charge on any atom is 0.246 e. The summed E-state index contributed by atoms with van der Waals surface area (Å²) in [5.41, 5.74) is 1.61. The van der Waals surface area contributed by atoms with Crippen molar-refractivity contribution in [2.45, 2.75) is 6.04 Å². The molecule has 1 saturated heterocycles. The number of rotatable bonds is 7. The number of anilines is 3. The zero-order valence-electron chi connectivity index (χ0n) is 24.4. The van der Waals surface area contributed by atoms with Gasteiger partial charge < -0.3 is 29.5 Å². The van der Waals surface area contributed by atoms with Gasteiger partial charge in [-0.15, -0.1) is 0 Å². The first-order valence-electron chi connectivity index (χ1n) is 14.2. The molecule has 13 nitrogen and oxygen atoms in total. The second-order valence-corrected chi connectivity index (χ2v) is 11.3. The van der Waals surface area contributed by atoms with E-state index in [0.29, 0.717) is 72.6 Å². The smallest absolute Gasteiger partial charge is 0.246 e. The average molecular weight is 631 g/mol. The van der Waals surface area contributed by atoms with E-state index in [1.807, 2.05) is 30.0 Å². The second-order valence-electron chi connectivity index (χ2n) is 10.9. The number of carbonyl (C=O) groups excluding carboxylic acids is 1. The van der Waals surface area contributed by atoms with Crippen LogP contribution < -0.4 is 19.7 Å². The summed E-state index contributed by atoms with van der Waals surface area (Å²) in [6.07, 6.45) is 7.95. The van der Waals surface area contributed by atoms with Gasteiger partial charge in [-0.3, -0.25) is 4.79 Å². The summed E-state index contributed by atoms with van der Waals surface area (Å²) >= 11 is 6.51. The number of aromatic nitrogens is 6. The highest BCUT2D eigenvalue weighted by Crippen LogP contribution is 2.38. The van der Waals surface area contributed by atoms with Crippen LogP contribution in [0.2, 0.25) is 5.02 Å². The fraction of sp³-hybridized carbons (Fsp3) is 0.267. The molecular formula is C30H28ClFN10O3. The highest BCUT2D eigenvalue weighted by molar-refractivity contribution is 6.32. The van der Waals surface area contributed by atoms with Gasteiger partial charge in [0.2, 0.25) is 5.91 Å². The van der Waals surface area contributed by atoms with Crippen molar-refractivity contribution in [3.05, 3.63) is 72.2 Å². The summed E-state index contributed by atoms with van der Waals surface area (Å²) in [7, 11) is 3.90. The van der Waals surface area contributed by atoms with Crippen LogP contribution in [0.4, 0.5) is 21.7 Å². The minimum absolute atomic E-state index is 0.0416. The lowest BCUT2D eigenvalue weighted by molar-refractivity contribution is -0.129. The van der Waals surface area contributed by atoms with E-state index in [2.05, 4.69) is 30.3 Å². The molecule has 1 unspecified atom stereocenters. The van der Waals surface area contributed by atoms with E-state index >= 15 is 4.39 Å². The summed E-state index contributed by atoms with van der Waals surface area (Å²) < 4.78 is 29.0. The molecule has 1 aromatic carbocycles. The third kappa shape index (κ3) is 5.77. The van der Waals surface area contributed by atoms with Crippen LogP contribution in [0, 0.1) is 5.82 Å². The van der Waals surface area contributed by atoms with E-state index in [-0.39, 0.29) is 28.4 Å². The molecule has 0 spiro atoms. The molecule has 0 radical (unpaired) electrons. The van der Waals surface area contributed by atoms with Crippen molar-refractivity contribution in [1.29, 1.82) is 0 Å². The van der Waals surface area contributed by atoms with Crippen molar-refractivity contribution in [3.8, 4) is 17.2 Å². The molecule has 2 aliphatic heterocycles. The minimum Gasteiger partial charge on any atom is -0.487 e. The zero-order valence-corrected chi connectivity index (χ0v) is 25.1. The number of piperazine rings is 1. The molecule has 15 heteroatoms. The number of ether oxygens (including phenoxy) is 2. The van der Waals surface area contributed by atoms with E-state index < -0.39 is 5.82 Å². The number of amides is 1. The maximum atomic E-state index is 15.4. The number of likely N-dealkylation sites (N-methyl/N-ethyl adjacent to an activating group) is 1. The lowest BCUT2D eigenvalue weighted by Gasteiger charge is -2.39. The fourth-order valence-electron chi connectivity index (χ4n) is 5.33.